The van der Waals surface area contributed by atoms with E-state index in [1.807, 2.05) is 18.3 Å². The van der Waals surface area contributed by atoms with Crippen LogP contribution in [0.15, 0.2) is 24.4 Å². The average Bonchev–Trinajstić information content (AvgIpc) is 2.66. The molecular formula is C14H18N2O2. The molecule has 0 aliphatic heterocycles. The molecule has 0 unspecified atom stereocenters. The molecule has 0 aliphatic carbocycles. The zero-order valence-electron chi connectivity index (χ0n) is 11.2. The molecule has 0 radical (unpaired) electrons. The van der Waals surface area contributed by atoms with E-state index in [1.54, 1.807) is 10.5 Å². The third kappa shape index (κ3) is 2.53. The number of hydrogen-bond donors (Lipinski definition) is 0. The predicted octanol–water partition coefficient (Wildman–Crippen LogP) is 2.71. The molecule has 0 amide bonds. The Morgan fingerprint density at radius 2 is 2.11 bits per heavy atom. The van der Waals surface area contributed by atoms with Gasteiger partial charge in [0.05, 0.1) is 12.8 Å². The molecule has 96 valence electrons. The van der Waals surface area contributed by atoms with Gasteiger partial charge in [0, 0.05) is 6.20 Å². The summed E-state index contributed by atoms with van der Waals surface area (Å²) in [5, 5.41) is 0. The zero-order valence-corrected chi connectivity index (χ0v) is 11.2. The first-order valence-electron chi connectivity index (χ1n) is 5.96. The Hall–Kier alpha value is -1.84. The van der Waals surface area contributed by atoms with Crippen LogP contribution in [0.2, 0.25) is 0 Å². The minimum absolute atomic E-state index is 0.170. The van der Waals surface area contributed by atoms with Crippen molar-refractivity contribution in [3.63, 3.8) is 0 Å². The van der Waals surface area contributed by atoms with Crippen LogP contribution >= 0.6 is 0 Å². The van der Waals surface area contributed by atoms with Gasteiger partial charge in [0.2, 0.25) is 0 Å². The first-order valence-corrected chi connectivity index (χ1v) is 5.96. The van der Waals surface area contributed by atoms with E-state index < -0.39 is 0 Å². The van der Waals surface area contributed by atoms with Gasteiger partial charge in [-0.25, -0.2) is 9.78 Å². The van der Waals surface area contributed by atoms with E-state index in [-0.39, 0.29) is 11.4 Å². The van der Waals surface area contributed by atoms with Crippen LogP contribution in [0.1, 0.15) is 37.0 Å². The fourth-order valence-electron chi connectivity index (χ4n) is 1.96. The molecule has 2 aromatic rings. The van der Waals surface area contributed by atoms with Crippen LogP contribution in [0.4, 0.5) is 0 Å². The number of carbonyl (C=O) groups excluding carboxylic acids is 1. The van der Waals surface area contributed by atoms with Gasteiger partial charge >= 0.3 is 5.97 Å². The Bertz CT molecular complexity index is 579. The van der Waals surface area contributed by atoms with Gasteiger partial charge in [-0.3, -0.25) is 4.40 Å². The van der Waals surface area contributed by atoms with Crippen molar-refractivity contribution in [2.24, 2.45) is 5.41 Å². The van der Waals surface area contributed by atoms with Gasteiger partial charge in [0.25, 0.3) is 0 Å². The lowest BCUT2D eigenvalue weighted by molar-refractivity contribution is 0.0592. The van der Waals surface area contributed by atoms with Gasteiger partial charge in [0.1, 0.15) is 11.3 Å². The highest BCUT2D eigenvalue weighted by Crippen LogP contribution is 2.21. The molecule has 0 fully saturated rings. The molecule has 0 aromatic carbocycles. The van der Waals surface area contributed by atoms with Crippen LogP contribution in [0.25, 0.3) is 5.65 Å². The maximum Gasteiger partial charge on any atom is 0.355 e. The first kappa shape index (κ1) is 12.6. The minimum atomic E-state index is -0.347. The summed E-state index contributed by atoms with van der Waals surface area (Å²) in [5.41, 5.74) is 2.43. The smallest absolute Gasteiger partial charge is 0.355 e. The molecule has 2 heterocycles. The van der Waals surface area contributed by atoms with Crippen molar-refractivity contribution in [1.82, 2.24) is 9.38 Å². The summed E-state index contributed by atoms with van der Waals surface area (Å²) < 4.78 is 6.55. The van der Waals surface area contributed by atoms with Crippen LogP contribution in [-0.4, -0.2) is 22.5 Å². The Labute approximate surface area is 107 Å². The van der Waals surface area contributed by atoms with E-state index >= 15 is 0 Å². The van der Waals surface area contributed by atoms with E-state index in [9.17, 15) is 4.79 Å². The molecule has 0 saturated heterocycles. The average molecular weight is 246 g/mol. The molecule has 0 spiro atoms. The van der Waals surface area contributed by atoms with Crippen molar-refractivity contribution in [2.75, 3.05) is 7.11 Å². The first-order chi connectivity index (χ1) is 8.40. The van der Waals surface area contributed by atoms with Gasteiger partial charge in [-0.05, 0) is 24.0 Å². The minimum Gasteiger partial charge on any atom is -0.464 e. The zero-order chi connectivity index (χ0) is 13.3. The molecule has 18 heavy (non-hydrogen) atoms. The lowest BCUT2D eigenvalue weighted by Gasteiger charge is -2.15. The number of methoxy groups -OCH3 is 1. The Morgan fingerprint density at radius 1 is 1.39 bits per heavy atom. The molecule has 0 saturated carbocycles. The number of hydrogen-bond acceptors (Lipinski definition) is 3. The van der Waals surface area contributed by atoms with Crippen molar-refractivity contribution in [3.05, 3.63) is 35.8 Å². The second kappa shape index (κ2) is 4.44. The highest BCUT2D eigenvalue weighted by Gasteiger charge is 2.16. The largest absolute Gasteiger partial charge is 0.464 e. The maximum absolute atomic E-state index is 11.7. The summed E-state index contributed by atoms with van der Waals surface area (Å²) in [6, 6.07) is 5.44. The summed E-state index contributed by atoms with van der Waals surface area (Å²) in [4.78, 5) is 16.2. The number of ether oxygens (including phenoxy) is 1. The van der Waals surface area contributed by atoms with E-state index in [4.69, 9.17) is 4.74 Å². The third-order valence-electron chi connectivity index (χ3n) is 2.65. The Kier molecular flexibility index (Phi) is 3.11. The SMILES string of the molecule is COC(=O)c1cccc2nc(CC(C)(C)C)cn12. The lowest BCUT2D eigenvalue weighted by atomic mass is 9.91. The summed E-state index contributed by atoms with van der Waals surface area (Å²) in [5.74, 6) is -0.347. The van der Waals surface area contributed by atoms with Crippen molar-refractivity contribution in [1.29, 1.82) is 0 Å². The number of nitrogens with zero attached hydrogens (tertiary/aromatic N) is 2. The number of aromatic nitrogens is 2. The molecule has 2 aromatic heterocycles. The number of esters is 1. The fraction of sp³-hybridized carbons (Fsp3) is 0.429. The second-order valence-electron chi connectivity index (χ2n) is 5.60. The van der Waals surface area contributed by atoms with E-state index in [1.165, 1.54) is 7.11 Å². The lowest BCUT2D eigenvalue weighted by Crippen LogP contribution is -2.09. The Balaban J connectivity index is 2.48. The molecule has 2 rings (SSSR count). The summed E-state index contributed by atoms with van der Waals surface area (Å²) in [6.45, 7) is 6.49. The monoisotopic (exact) mass is 246 g/mol. The second-order valence-corrected chi connectivity index (χ2v) is 5.60. The molecule has 0 N–H and O–H groups in total. The Morgan fingerprint density at radius 3 is 2.72 bits per heavy atom. The fourth-order valence-corrected chi connectivity index (χ4v) is 1.96. The highest BCUT2D eigenvalue weighted by atomic mass is 16.5. The third-order valence-corrected chi connectivity index (χ3v) is 2.65. The standard InChI is InChI=1S/C14H18N2O2/c1-14(2,3)8-10-9-16-11(13(17)18-4)6-5-7-12(16)15-10/h5-7,9H,8H2,1-4H3. The van der Waals surface area contributed by atoms with Crippen molar-refractivity contribution >= 4 is 11.6 Å². The van der Waals surface area contributed by atoms with E-state index in [2.05, 4.69) is 25.8 Å². The number of imidazole rings is 1. The summed E-state index contributed by atoms with van der Waals surface area (Å²) in [6.07, 6.45) is 2.78. The molecule has 0 aliphatic rings. The number of pyridine rings is 1. The van der Waals surface area contributed by atoms with Gasteiger partial charge in [-0.1, -0.05) is 26.8 Å². The van der Waals surface area contributed by atoms with Crippen LogP contribution in [-0.2, 0) is 11.2 Å². The quantitative estimate of drug-likeness (QED) is 0.765. The van der Waals surface area contributed by atoms with Gasteiger partial charge in [-0.2, -0.15) is 0 Å². The topological polar surface area (TPSA) is 43.6 Å². The predicted molar refractivity (Wildman–Crippen MR) is 69.7 cm³/mol. The van der Waals surface area contributed by atoms with Crippen molar-refractivity contribution in [3.8, 4) is 0 Å². The molecule has 0 atom stereocenters. The molecular weight excluding hydrogens is 228 g/mol. The van der Waals surface area contributed by atoms with Crippen molar-refractivity contribution in [2.45, 2.75) is 27.2 Å². The molecule has 4 nitrogen and oxygen atoms in total. The normalized spacial score (nSPS) is 11.8. The van der Waals surface area contributed by atoms with E-state index in [0.717, 1.165) is 17.8 Å². The summed E-state index contributed by atoms with van der Waals surface area (Å²) >= 11 is 0. The highest BCUT2D eigenvalue weighted by molar-refractivity contribution is 5.88. The number of carbonyl (C=O) groups is 1. The van der Waals surface area contributed by atoms with Gasteiger partial charge < -0.3 is 4.74 Å². The van der Waals surface area contributed by atoms with Gasteiger partial charge in [-0.15, -0.1) is 0 Å². The molecule has 4 heteroatoms. The van der Waals surface area contributed by atoms with Crippen LogP contribution in [0, 0.1) is 5.41 Å². The number of fused-ring (bicyclic) bond motifs is 1. The molecule has 0 bridgehead atoms. The maximum atomic E-state index is 11.7. The van der Waals surface area contributed by atoms with Crippen LogP contribution in [0.3, 0.4) is 0 Å². The van der Waals surface area contributed by atoms with Crippen LogP contribution < -0.4 is 0 Å². The van der Waals surface area contributed by atoms with Crippen molar-refractivity contribution < 1.29 is 9.53 Å². The van der Waals surface area contributed by atoms with E-state index in [0.29, 0.717) is 5.69 Å². The number of rotatable bonds is 2. The van der Waals surface area contributed by atoms with Gasteiger partial charge in [0.15, 0.2) is 0 Å². The van der Waals surface area contributed by atoms with Crippen LogP contribution in [0.5, 0.6) is 0 Å². The summed E-state index contributed by atoms with van der Waals surface area (Å²) in [7, 11) is 1.38.